The summed E-state index contributed by atoms with van der Waals surface area (Å²) < 4.78 is 0. The lowest BCUT2D eigenvalue weighted by Crippen LogP contribution is -2.44. The summed E-state index contributed by atoms with van der Waals surface area (Å²) >= 11 is 0. The van der Waals surface area contributed by atoms with Crippen molar-refractivity contribution < 1.29 is 15.0 Å². The minimum Gasteiger partial charge on any atom is -0.480 e. The number of rotatable bonds is 5. The van der Waals surface area contributed by atoms with Crippen molar-refractivity contribution in [3.05, 3.63) is 96.1 Å². The van der Waals surface area contributed by atoms with Crippen molar-refractivity contribution in [3.63, 3.8) is 0 Å². The Morgan fingerprint density at radius 2 is 1.18 bits per heavy atom. The van der Waals surface area contributed by atoms with Gasteiger partial charge < -0.3 is 10.2 Å². The fourth-order valence-electron chi connectivity index (χ4n) is 3.77. The number of fused-ring (bicyclic) bond motifs is 2. The van der Waals surface area contributed by atoms with Crippen LogP contribution in [-0.2, 0) is 4.79 Å². The first kappa shape index (κ1) is 22.1. The number of hydrogen-bond donors (Lipinski definition) is 2. The average molecular weight is 434 g/mol. The van der Waals surface area contributed by atoms with Gasteiger partial charge in [-0.05, 0) is 33.7 Å². The first-order valence-corrected chi connectivity index (χ1v) is 10.7. The van der Waals surface area contributed by atoms with E-state index < -0.39 is 18.6 Å². The van der Waals surface area contributed by atoms with Crippen molar-refractivity contribution in [2.24, 2.45) is 0 Å². The van der Waals surface area contributed by atoms with Gasteiger partial charge in [0.2, 0.25) is 0 Å². The van der Waals surface area contributed by atoms with Crippen molar-refractivity contribution in [2.75, 3.05) is 19.7 Å². The summed E-state index contributed by atoms with van der Waals surface area (Å²) in [7, 11) is 0. The maximum atomic E-state index is 11.7. The highest BCUT2D eigenvalue weighted by atomic mass is 16.4. The number of aliphatic hydroxyl groups is 1. The van der Waals surface area contributed by atoms with Crippen LogP contribution in [0.1, 0.15) is 11.1 Å². The second-order valence-electron chi connectivity index (χ2n) is 7.60. The van der Waals surface area contributed by atoms with Gasteiger partial charge in [0.15, 0.2) is 0 Å². The molecule has 4 nitrogen and oxygen atoms in total. The largest absolute Gasteiger partial charge is 0.480 e. The summed E-state index contributed by atoms with van der Waals surface area (Å²) in [5.74, 6) is 11.4. The third kappa shape index (κ3) is 5.22. The zero-order chi connectivity index (χ0) is 23.0. The molecule has 0 heterocycles. The van der Waals surface area contributed by atoms with Gasteiger partial charge in [-0.3, -0.25) is 9.69 Å². The Balaban J connectivity index is 1.58. The molecular weight excluding hydrogens is 410 g/mol. The second-order valence-corrected chi connectivity index (χ2v) is 7.60. The molecule has 0 spiro atoms. The smallest absolute Gasteiger partial charge is 0.323 e. The number of nitrogens with zero attached hydrogens (tertiary/aromatic N) is 1. The molecule has 33 heavy (non-hydrogen) atoms. The van der Waals surface area contributed by atoms with Gasteiger partial charge in [0.05, 0.1) is 19.7 Å². The van der Waals surface area contributed by atoms with Crippen LogP contribution in [0, 0.1) is 23.7 Å². The molecule has 162 valence electrons. The van der Waals surface area contributed by atoms with E-state index in [1.165, 1.54) is 0 Å². The van der Waals surface area contributed by atoms with Gasteiger partial charge in [0.1, 0.15) is 6.04 Å². The van der Waals surface area contributed by atoms with Crippen molar-refractivity contribution in [2.45, 2.75) is 6.04 Å². The Kier molecular flexibility index (Phi) is 7.03. The third-order valence-corrected chi connectivity index (χ3v) is 5.49. The van der Waals surface area contributed by atoms with E-state index in [4.69, 9.17) is 0 Å². The molecule has 4 aromatic carbocycles. The van der Waals surface area contributed by atoms with E-state index in [-0.39, 0.29) is 13.1 Å². The van der Waals surface area contributed by atoms with Crippen LogP contribution in [0.15, 0.2) is 84.9 Å². The summed E-state index contributed by atoms with van der Waals surface area (Å²) in [5.41, 5.74) is 1.76. The Hall–Kier alpha value is -4.09. The third-order valence-electron chi connectivity index (χ3n) is 5.49. The first-order chi connectivity index (χ1) is 16.2. The average Bonchev–Trinajstić information content (AvgIpc) is 2.84. The minimum atomic E-state index is -1.10. The molecule has 0 saturated heterocycles. The molecule has 0 amide bonds. The maximum absolute atomic E-state index is 11.7. The molecule has 2 N–H and O–H groups in total. The summed E-state index contributed by atoms with van der Waals surface area (Å²) in [5, 5.41) is 23.5. The summed E-state index contributed by atoms with van der Waals surface area (Å²) in [6.45, 7) is -0.169. The van der Waals surface area contributed by atoms with E-state index in [9.17, 15) is 15.0 Å². The zero-order valence-electron chi connectivity index (χ0n) is 18.0. The SMILES string of the molecule is O=C(O)C(CO)N(CC#Cc1cccc2ccccc12)CC#Cc1cccc2ccccc12. The zero-order valence-corrected chi connectivity index (χ0v) is 18.0. The van der Waals surface area contributed by atoms with Gasteiger partial charge in [-0.2, -0.15) is 0 Å². The Bertz CT molecular complexity index is 1310. The van der Waals surface area contributed by atoms with Crippen LogP contribution in [0.5, 0.6) is 0 Å². The number of aliphatic carboxylic acids is 1. The van der Waals surface area contributed by atoms with Crippen LogP contribution in [0.2, 0.25) is 0 Å². The number of aliphatic hydroxyl groups excluding tert-OH is 1. The lowest BCUT2D eigenvalue weighted by Gasteiger charge is -2.23. The van der Waals surface area contributed by atoms with Crippen LogP contribution in [-0.4, -0.2) is 46.8 Å². The van der Waals surface area contributed by atoms with Crippen molar-refractivity contribution in [1.29, 1.82) is 0 Å². The van der Waals surface area contributed by atoms with Crippen LogP contribution >= 0.6 is 0 Å². The summed E-state index contributed by atoms with van der Waals surface area (Å²) in [4.78, 5) is 13.3. The van der Waals surface area contributed by atoms with Crippen LogP contribution < -0.4 is 0 Å². The molecule has 0 aliphatic rings. The van der Waals surface area contributed by atoms with E-state index in [2.05, 4.69) is 23.7 Å². The standard InChI is InChI=1S/C29H23NO3/c31-21-28(29(32)33)30(19-7-15-24-13-5-11-22-9-1-3-17-26(22)24)20-8-16-25-14-6-12-23-10-2-4-18-27(23)25/h1-6,9-14,17-18,28,31H,19-21H2,(H,32,33). The maximum Gasteiger partial charge on any atom is 0.323 e. The van der Waals surface area contributed by atoms with Crippen LogP contribution in [0.3, 0.4) is 0 Å². The lowest BCUT2D eigenvalue weighted by atomic mass is 10.0. The summed E-state index contributed by atoms with van der Waals surface area (Å²) in [6, 6.07) is 26.8. The molecule has 0 aromatic heterocycles. The van der Waals surface area contributed by atoms with Crippen molar-refractivity contribution in [1.82, 2.24) is 4.90 Å². The number of benzene rings is 4. The number of carbonyl (C=O) groups is 1. The molecule has 0 bridgehead atoms. The minimum absolute atomic E-state index is 0.172. The highest BCUT2D eigenvalue weighted by molar-refractivity contribution is 5.89. The molecule has 4 heteroatoms. The van der Waals surface area contributed by atoms with Crippen molar-refractivity contribution >= 4 is 27.5 Å². The molecule has 0 fully saturated rings. The number of carboxylic acids is 1. The molecule has 0 radical (unpaired) electrons. The fourth-order valence-corrected chi connectivity index (χ4v) is 3.77. The predicted molar refractivity (Wildman–Crippen MR) is 132 cm³/mol. The van der Waals surface area contributed by atoms with Crippen molar-refractivity contribution in [3.8, 4) is 23.7 Å². The van der Waals surface area contributed by atoms with E-state index in [1.54, 1.807) is 4.90 Å². The first-order valence-electron chi connectivity index (χ1n) is 10.7. The number of hydrogen-bond acceptors (Lipinski definition) is 3. The van der Waals surface area contributed by atoms with Gasteiger partial charge in [0.25, 0.3) is 0 Å². The molecule has 4 rings (SSSR count). The van der Waals surface area contributed by atoms with E-state index >= 15 is 0 Å². The van der Waals surface area contributed by atoms with Gasteiger partial charge in [-0.15, -0.1) is 0 Å². The molecule has 0 aliphatic heterocycles. The van der Waals surface area contributed by atoms with Gasteiger partial charge >= 0.3 is 5.97 Å². The Labute approximate surface area is 193 Å². The molecular formula is C29H23NO3. The van der Waals surface area contributed by atoms with Gasteiger partial charge in [-0.25, -0.2) is 0 Å². The Morgan fingerprint density at radius 3 is 1.64 bits per heavy atom. The lowest BCUT2D eigenvalue weighted by molar-refractivity contribution is -0.144. The predicted octanol–water partition coefficient (Wildman–Crippen LogP) is 4.14. The van der Waals surface area contributed by atoms with Gasteiger partial charge in [0, 0.05) is 11.1 Å². The highest BCUT2D eigenvalue weighted by Crippen LogP contribution is 2.18. The van der Waals surface area contributed by atoms with Gasteiger partial charge in [-0.1, -0.05) is 96.5 Å². The topological polar surface area (TPSA) is 60.8 Å². The normalized spacial score (nSPS) is 11.5. The second kappa shape index (κ2) is 10.5. The van der Waals surface area contributed by atoms with E-state index in [1.807, 2.05) is 84.9 Å². The summed E-state index contributed by atoms with van der Waals surface area (Å²) in [6.07, 6.45) is 0. The molecule has 1 unspecified atom stereocenters. The van der Waals surface area contributed by atoms with Crippen LogP contribution in [0.25, 0.3) is 21.5 Å². The molecule has 1 atom stereocenters. The highest BCUT2D eigenvalue weighted by Gasteiger charge is 2.23. The molecule has 0 saturated carbocycles. The van der Waals surface area contributed by atoms with Crippen LogP contribution in [0.4, 0.5) is 0 Å². The fraction of sp³-hybridized carbons (Fsp3) is 0.138. The molecule has 0 aliphatic carbocycles. The quantitative estimate of drug-likeness (QED) is 0.465. The van der Waals surface area contributed by atoms with E-state index in [0.717, 1.165) is 32.7 Å². The van der Waals surface area contributed by atoms with E-state index in [0.29, 0.717) is 0 Å². The number of carboxylic acid groups (broad SMARTS) is 1. The molecule has 4 aromatic rings. The Morgan fingerprint density at radius 1 is 0.727 bits per heavy atom. The monoisotopic (exact) mass is 433 g/mol.